The average Bonchev–Trinajstić information content (AvgIpc) is 3.01. The van der Waals surface area contributed by atoms with Crippen LogP contribution in [-0.4, -0.2) is 32.5 Å². The van der Waals surface area contributed by atoms with Gasteiger partial charge < -0.3 is 20.7 Å². The predicted molar refractivity (Wildman–Crippen MR) is 107 cm³/mol. The van der Waals surface area contributed by atoms with E-state index in [9.17, 15) is 0 Å². The van der Waals surface area contributed by atoms with Gasteiger partial charge in [-0.1, -0.05) is 0 Å². The lowest BCUT2D eigenvalue weighted by Gasteiger charge is -2.26. The second-order valence-corrected chi connectivity index (χ2v) is 7.65. The number of nitrogens with one attached hydrogen (secondary N) is 3. The van der Waals surface area contributed by atoms with Crippen molar-refractivity contribution in [2.45, 2.75) is 30.2 Å². The number of thioether (sulfide) groups is 1. The summed E-state index contributed by atoms with van der Waals surface area (Å²) in [5.74, 6) is 1.45. The summed E-state index contributed by atoms with van der Waals surface area (Å²) < 4.78 is 5.31. The number of ether oxygens (including phenoxy) is 1. The molecule has 2 aromatic carbocycles. The van der Waals surface area contributed by atoms with Crippen LogP contribution in [0.5, 0.6) is 5.75 Å². The molecule has 25 heavy (non-hydrogen) atoms. The Morgan fingerprint density at radius 2 is 2.12 bits per heavy atom. The third-order valence-corrected chi connectivity index (χ3v) is 6.04. The summed E-state index contributed by atoms with van der Waals surface area (Å²) in [7, 11) is 1.70. The molecule has 5 heteroatoms. The van der Waals surface area contributed by atoms with E-state index in [0.717, 1.165) is 30.2 Å². The van der Waals surface area contributed by atoms with Crippen LogP contribution < -0.4 is 20.7 Å². The van der Waals surface area contributed by atoms with Gasteiger partial charge in [-0.25, -0.2) is 0 Å². The first-order chi connectivity index (χ1) is 12.2. The Hall–Kier alpha value is -1.85. The lowest BCUT2D eigenvalue weighted by Crippen LogP contribution is -2.38. The first kappa shape index (κ1) is 16.6. The lowest BCUT2D eigenvalue weighted by molar-refractivity contribution is 0.414. The van der Waals surface area contributed by atoms with Crippen LogP contribution in [0.25, 0.3) is 0 Å². The van der Waals surface area contributed by atoms with E-state index < -0.39 is 0 Å². The fraction of sp³-hybridized carbons (Fsp3) is 0.400. The molecule has 4 rings (SSSR count). The van der Waals surface area contributed by atoms with Gasteiger partial charge in [-0.2, -0.15) is 0 Å². The highest BCUT2D eigenvalue weighted by molar-refractivity contribution is 7.98. The highest BCUT2D eigenvalue weighted by Gasteiger charge is 2.35. The molecule has 0 radical (unpaired) electrons. The van der Waals surface area contributed by atoms with Crippen LogP contribution in [0.1, 0.15) is 23.5 Å². The molecule has 2 heterocycles. The molecule has 132 valence electrons. The van der Waals surface area contributed by atoms with Crippen LogP contribution in [-0.2, 0) is 0 Å². The molecular formula is C20H25N3OS. The molecule has 3 N–H and O–H groups in total. The van der Waals surface area contributed by atoms with Crippen LogP contribution >= 0.6 is 11.8 Å². The second kappa shape index (κ2) is 6.81. The monoisotopic (exact) mass is 355 g/mol. The minimum Gasteiger partial charge on any atom is -0.497 e. The molecule has 2 aromatic rings. The van der Waals surface area contributed by atoms with Crippen LogP contribution in [0.4, 0.5) is 17.1 Å². The van der Waals surface area contributed by atoms with E-state index in [1.807, 2.05) is 17.8 Å². The van der Waals surface area contributed by atoms with Gasteiger partial charge in [0.25, 0.3) is 0 Å². The molecule has 0 aliphatic carbocycles. The van der Waals surface area contributed by atoms with Crippen molar-refractivity contribution in [3.05, 3.63) is 41.5 Å². The van der Waals surface area contributed by atoms with Gasteiger partial charge in [0.2, 0.25) is 0 Å². The average molecular weight is 356 g/mol. The molecule has 0 bridgehead atoms. The SMILES string of the molecule is COc1ccc(Nc2cc(SC)c3c(c2)[C@@H]2CNCC[C@@H]2N3)c(C)c1. The molecule has 0 spiro atoms. The number of benzene rings is 2. The smallest absolute Gasteiger partial charge is 0.119 e. The fourth-order valence-corrected chi connectivity index (χ4v) is 4.55. The molecular weight excluding hydrogens is 330 g/mol. The number of fused-ring (bicyclic) bond motifs is 3. The summed E-state index contributed by atoms with van der Waals surface area (Å²) in [6, 6.07) is 11.3. The Balaban J connectivity index is 1.68. The number of rotatable bonds is 4. The number of aryl methyl sites for hydroxylation is 1. The number of piperidine rings is 1. The van der Waals surface area contributed by atoms with Crippen LogP contribution in [0.15, 0.2) is 35.2 Å². The minimum atomic E-state index is 0.563. The van der Waals surface area contributed by atoms with Crippen LogP contribution in [0, 0.1) is 6.92 Å². The third kappa shape index (κ3) is 3.07. The van der Waals surface area contributed by atoms with Gasteiger partial charge in [0.05, 0.1) is 12.8 Å². The summed E-state index contributed by atoms with van der Waals surface area (Å²) in [5, 5.41) is 10.9. The Labute approximate surface area is 153 Å². The molecule has 0 saturated carbocycles. The topological polar surface area (TPSA) is 45.3 Å². The van der Waals surface area contributed by atoms with Crippen molar-refractivity contribution in [1.82, 2.24) is 5.32 Å². The Morgan fingerprint density at radius 1 is 1.24 bits per heavy atom. The molecule has 0 unspecified atom stereocenters. The molecule has 0 aromatic heterocycles. The van der Waals surface area contributed by atoms with Crippen molar-refractivity contribution in [3.8, 4) is 5.75 Å². The zero-order valence-corrected chi connectivity index (χ0v) is 15.8. The summed E-state index contributed by atoms with van der Waals surface area (Å²) in [6.07, 6.45) is 3.34. The first-order valence-electron chi connectivity index (χ1n) is 8.80. The fourth-order valence-electron chi connectivity index (χ4n) is 3.92. The van der Waals surface area contributed by atoms with Gasteiger partial charge in [0, 0.05) is 34.8 Å². The predicted octanol–water partition coefficient (Wildman–Crippen LogP) is 4.34. The summed E-state index contributed by atoms with van der Waals surface area (Å²) in [6.45, 7) is 4.27. The first-order valence-corrected chi connectivity index (χ1v) is 10.0. The minimum absolute atomic E-state index is 0.563. The van der Waals surface area contributed by atoms with Crippen LogP contribution in [0.3, 0.4) is 0 Å². The maximum absolute atomic E-state index is 5.31. The van der Waals surface area contributed by atoms with E-state index in [1.54, 1.807) is 7.11 Å². The highest BCUT2D eigenvalue weighted by Crippen LogP contribution is 2.45. The van der Waals surface area contributed by atoms with Crippen molar-refractivity contribution in [2.75, 3.05) is 37.1 Å². The van der Waals surface area contributed by atoms with E-state index in [2.05, 4.69) is 53.4 Å². The number of methoxy groups -OCH3 is 1. The van der Waals surface area contributed by atoms with Crippen molar-refractivity contribution < 1.29 is 4.74 Å². The van der Waals surface area contributed by atoms with Gasteiger partial charge in [-0.15, -0.1) is 11.8 Å². The normalized spacial score (nSPS) is 21.2. The number of anilines is 3. The van der Waals surface area contributed by atoms with E-state index in [-0.39, 0.29) is 0 Å². The van der Waals surface area contributed by atoms with E-state index in [0.29, 0.717) is 12.0 Å². The standard InChI is InChI=1S/C20H25N3OS/c1-12-8-14(24-2)4-5-17(12)22-13-9-15-16-11-21-7-6-18(16)23-20(15)19(10-13)25-3/h4-5,8-10,16,18,21-23H,6-7,11H2,1-3H3/t16-,18-/m0/s1. The molecule has 2 aliphatic heterocycles. The Bertz CT molecular complexity index is 793. The molecule has 1 fully saturated rings. The second-order valence-electron chi connectivity index (χ2n) is 6.80. The van der Waals surface area contributed by atoms with E-state index >= 15 is 0 Å². The molecule has 0 amide bonds. The van der Waals surface area contributed by atoms with Gasteiger partial charge in [-0.3, -0.25) is 0 Å². The maximum atomic E-state index is 5.31. The van der Waals surface area contributed by atoms with Crippen molar-refractivity contribution in [2.24, 2.45) is 0 Å². The zero-order chi connectivity index (χ0) is 17.4. The maximum Gasteiger partial charge on any atom is 0.119 e. The van der Waals surface area contributed by atoms with Gasteiger partial charge in [0.15, 0.2) is 0 Å². The number of hydrogen-bond donors (Lipinski definition) is 3. The molecule has 4 nitrogen and oxygen atoms in total. The third-order valence-electron chi connectivity index (χ3n) is 5.28. The van der Waals surface area contributed by atoms with Crippen molar-refractivity contribution >= 4 is 28.8 Å². The van der Waals surface area contributed by atoms with Gasteiger partial charge >= 0.3 is 0 Å². The Morgan fingerprint density at radius 3 is 2.88 bits per heavy atom. The summed E-state index contributed by atoms with van der Waals surface area (Å²) in [5.41, 5.74) is 6.24. The summed E-state index contributed by atoms with van der Waals surface area (Å²) >= 11 is 1.81. The highest BCUT2D eigenvalue weighted by atomic mass is 32.2. The van der Waals surface area contributed by atoms with E-state index in [4.69, 9.17) is 4.74 Å². The van der Waals surface area contributed by atoms with Crippen LogP contribution in [0.2, 0.25) is 0 Å². The molecule has 2 aliphatic rings. The molecule has 2 atom stereocenters. The largest absolute Gasteiger partial charge is 0.497 e. The Kier molecular flexibility index (Phi) is 4.52. The van der Waals surface area contributed by atoms with E-state index in [1.165, 1.54) is 28.1 Å². The number of hydrogen-bond acceptors (Lipinski definition) is 5. The molecule has 1 saturated heterocycles. The zero-order valence-electron chi connectivity index (χ0n) is 15.0. The summed E-state index contributed by atoms with van der Waals surface area (Å²) in [4.78, 5) is 1.32. The lowest BCUT2D eigenvalue weighted by atomic mass is 9.90. The van der Waals surface area contributed by atoms with Crippen molar-refractivity contribution in [1.29, 1.82) is 0 Å². The van der Waals surface area contributed by atoms with Gasteiger partial charge in [0.1, 0.15) is 5.75 Å². The van der Waals surface area contributed by atoms with Crippen molar-refractivity contribution in [3.63, 3.8) is 0 Å². The quantitative estimate of drug-likeness (QED) is 0.712. The van der Waals surface area contributed by atoms with Gasteiger partial charge in [-0.05, 0) is 67.6 Å².